The summed E-state index contributed by atoms with van der Waals surface area (Å²) in [6.45, 7) is 5.43. The largest absolute Gasteiger partial charge is 0.444 e. The van der Waals surface area contributed by atoms with Crippen LogP contribution in [-0.2, 0) is 4.74 Å². The van der Waals surface area contributed by atoms with Gasteiger partial charge in [0, 0.05) is 25.7 Å². The van der Waals surface area contributed by atoms with Crippen LogP contribution in [0.25, 0.3) is 10.2 Å². The molecule has 3 N–H and O–H groups in total. The summed E-state index contributed by atoms with van der Waals surface area (Å²) in [4.78, 5) is 30.2. The van der Waals surface area contributed by atoms with Crippen molar-refractivity contribution in [3.8, 4) is 0 Å². The molecular formula is C20H28N4O4S. The maximum Gasteiger partial charge on any atom is 0.407 e. The minimum atomic E-state index is -0.604. The molecule has 158 valence electrons. The van der Waals surface area contributed by atoms with Gasteiger partial charge < -0.3 is 25.4 Å². The quantitative estimate of drug-likeness (QED) is 0.703. The van der Waals surface area contributed by atoms with Gasteiger partial charge in [0.2, 0.25) is 0 Å². The predicted octanol–water partition coefficient (Wildman–Crippen LogP) is 2.83. The van der Waals surface area contributed by atoms with E-state index in [1.807, 2.05) is 32.9 Å². The van der Waals surface area contributed by atoms with Gasteiger partial charge in [-0.1, -0.05) is 11.3 Å². The molecule has 2 amide bonds. The van der Waals surface area contributed by atoms with E-state index < -0.39 is 17.8 Å². The van der Waals surface area contributed by atoms with Crippen molar-refractivity contribution in [3.63, 3.8) is 0 Å². The maximum atomic E-state index is 12.1. The highest BCUT2D eigenvalue weighted by molar-refractivity contribution is 7.22. The Hall–Kier alpha value is -2.39. The summed E-state index contributed by atoms with van der Waals surface area (Å²) < 4.78 is 6.18. The van der Waals surface area contributed by atoms with Crippen molar-refractivity contribution in [2.75, 3.05) is 19.4 Å². The number of nitrogens with one attached hydrogen (secondary N) is 2. The van der Waals surface area contributed by atoms with Gasteiger partial charge in [-0.05, 0) is 51.8 Å². The first-order valence-corrected chi connectivity index (χ1v) is 10.4. The van der Waals surface area contributed by atoms with Gasteiger partial charge in [-0.25, -0.2) is 9.78 Å². The van der Waals surface area contributed by atoms with Crippen LogP contribution in [0.2, 0.25) is 0 Å². The van der Waals surface area contributed by atoms with Crippen LogP contribution in [0.15, 0.2) is 18.2 Å². The van der Waals surface area contributed by atoms with E-state index in [-0.39, 0.29) is 18.0 Å². The van der Waals surface area contributed by atoms with Crippen molar-refractivity contribution in [3.05, 3.63) is 23.8 Å². The third kappa shape index (κ3) is 5.36. The number of aliphatic hydroxyl groups excluding tert-OH is 1. The van der Waals surface area contributed by atoms with Crippen LogP contribution < -0.4 is 10.6 Å². The molecule has 1 aliphatic rings. The molecule has 2 aromatic rings. The van der Waals surface area contributed by atoms with Crippen LogP contribution in [0.3, 0.4) is 0 Å². The highest BCUT2D eigenvalue weighted by atomic mass is 32.1. The molecule has 9 heteroatoms. The van der Waals surface area contributed by atoms with Gasteiger partial charge in [0.05, 0.1) is 22.4 Å². The van der Waals surface area contributed by atoms with Gasteiger partial charge in [0.1, 0.15) is 5.60 Å². The molecule has 0 saturated heterocycles. The fourth-order valence-electron chi connectivity index (χ4n) is 3.30. The number of alkyl carbamates (subject to hydrolysis) is 1. The van der Waals surface area contributed by atoms with E-state index in [0.29, 0.717) is 23.5 Å². The second-order valence-corrected chi connectivity index (χ2v) is 9.56. The Morgan fingerprint density at radius 3 is 2.66 bits per heavy atom. The van der Waals surface area contributed by atoms with Gasteiger partial charge >= 0.3 is 6.09 Å². The van der Waals surface area contributed by atoms with Crippen LogP contribution in [0.4, 0.5) is 9.93 Å². The van der Waals surface area contributed by atoms with Crippen LogP contribution in [0.1, 0.15) is 44.0 Å². The number of carbonyl (C=O) groups is 2. The number of aliphatic hydroxyl groups is 1. The molecule has 0 radical (unpaired) electrons. The van der Waals surface area contributed by atoms with Crippen molar-refractivity contribution in [1.29, 1.82) is 0 Å². The number of aromatic nitrogens is 1. The zero-order chi connectivity index (χ0) is 21.3. The van der Waals surface area contributed by atoms with E-state index in [0.717, 1.165) is 10.2 Å². The fourth-order valence-corrected chi connectivity index (χ4v) is 4.27. The Bertz CT molecular complexity index is 906. The van der Waals surface area contributed by atoms with Gasteiger partial charge in [-0.3, -0.25) is 4.79 Å². The SMILES string of the molecule is CN(C)C(=O)c1ccc2nc(N[C@@H]3C[C@@H](NC(=O)OC(C)(C)C)C[C@H]3O)sc2c1. The Kier molecular flexibility index (Phi) is 6.00. The molecule has 0 unspecified atom stereocenters. The smallest absolute Gasteiger partial charge is 0.407 e. The standard InChI is InChI=1S/C20H28N4O4S/c1-20(2,3)28-19(27)21-12-9-14(15(25)10-12)23-18-22-13-7-6-11(8-16(13)29-18)17(26)24(4)5/h6-8,12,14-15,25H,9-10H2,1-5H3,(H,21,27)(H,22,23)/t12-,14-,15-/m1/s1. The number of hydrogen-bond donors (Lipinski definition) is 3. The van der Waals surface area contributed by atoms with Gasteiger partial charge in [0.25, 0.3) is 5.91 Å². The molecular weight excluding hydrogens is 392 g/mol. The maximum absolute atomic E-state index is 12.1. The highest BCUT2D eigenvalue weighted by Crippen LogP contribution is 2.30. The fraction of sp³-hybridized carbons (Fsp3) is 0.550. The van der Waals surface area contributed by atoms with E-state index in [9.17, 15) is 14.7 Å². The molecule has 1 aromatic heterocycles. The Labute approximate surface area is 174 Å². The Morgan fingerprint density at radius 1 is 1.28 bits per heavy atom. The highest BCUT2D eigenvalue weighted by Gasteiger charge is 2.35. The molecule has 8 nitrogen and oxygen atoms in total. The summed E-state index contributed by atoms with van der Waals surface area (Å²) in [6.07, 6.45) is -0.0643. The number of benzene rings is 1. The summed E-state index contributed by atoms with van der Waals surface area (Å²) >= 11 is 1.44. The molecule has 0 aliphatic heterocycles. The monoisotopic (exact) mass is 420 g/mol. The molecule has 1 aromatic carbocycles. The molecule has 29 heavy (non-hydrogen) atoms. The number of nitrogens with zero attached hydrogens (tertiary/aromatic N) is 2. The lowest BCUT2D eigenvalue weighted by Gasteiger charge is -2.21. The van der Waals surface area contributed by atoms with Crippen molar-refractivity contribution in [2.45, 2.75) is 57.4 Å². The van der Waals surface area contributed by atoms with Crippen molar-refractivity contribution in [1.82, 2.24) is 15.2 Å². The number of carbonyl (C=O) groups excluding carboxylic acids is 2. The van der Waals surface area contributed by atoms with Crippen molar-refractivity contribution in [2.24, 2.45) is 0 Å². The summed E-state index contributed by atoms with van der Waals surface area (Å²) in [7, 11) is 3.44. The first kappa shape index (κ1) is 21.3. The average Bonchev–Trinajstić information content (AvgIpc) is 3.14. The summed E-state index contributed by atoms with van der Waals surface area (Å²) in [5.41, 5.74) is 0.844. The molecule has 1 heterocycles. The van der Waals surface area contributed by atoms with Crippen molar-refractivity contribution < 1.29 is 19.4 Å². The predicted molar refractivity (Wildman–Crippen MR) is 113 cm³/mol. The van der Waals surface area contributed by atoms with Gasteiger partial charge in [-0.2, -0.15) is 0 Å². The van der Waals surface area contributed by atoms with E-state index in [2.05, 4.69) is 15.6 Å². The lowest BCUT2D eigenvalue weighted by Crippen LogP contribution is -2.38. The minimum Gasteiger partial charge on any atom is -0.444 e. The summed E-state index contributed by atoms with van der Waals surface area (Å²) in [6, 6.07) is 5.03. The number of thiazole rings is 1. The van der Waals surface area contributed by atoms with E-state index in [1.165, 1.54) is 16.2 Å². The number of anilines is 1. The lowest BCUT2D eigenvalue weighted by atomic mass is 10.2. The van der Waals surface area contributed by atoms with Crippen LogP contribution in [0, 0.1) is 0 Å². The van der Waals surface area contributed by atoms with Crippen LogP contribution >= 0.6 is 11.3 Å². The molecule has 0 bridgehead atoms. The minimum absolute atomic E-state index is 0.0583. The second kappa shape index (κ2) is 8.16. The van der Waals surface area contributed by atoms with Crippen LogP contribution in [-0.4, -0.2) is 64.9 Å². The molecule has 1 fully saturated rings. The van der Waals surface area contributed by atoms with E-state index in [4.69, 9.17) is 4.74 Å². The normalized spacial score (nSPS) is 21.8. The lowest BCUT2D eigenvalue weighted by molar-refractivity contribution is 0.0502. The molecule has 0 spiro atoms. The Balaban J connectivity index is 1.64. The zero-order valence-corrected chi connectivity index (χ0v) is 18.2. The first-order chi connectivity index (χ1) is 13.5. The van der Waals surface area contributed by atoms with Crippen molar-refractivity contribution >= 4 is 38.7 Å². The first-order valence-electron chi connectivity index (χ1n) is 9.58. The number of hydrogen-bond acceptors (Lipinski definition) is 7. The summed E-state index contributed by atoms with van der Waals surface area (Å²) in [5, 5.41) is 17.2. The number of ether oxygens (including phenoxy) is 1. The average molecular weight is 421 g/mol. The van der Waals surface area contributed by atoms with Gasteiger partial charge in [0.15, 0.2) is 5.13 Å². The molecule has 3 rings (SSSR count). The topological polar surface area (TPSA) is 104 Å². The molecule has 1 aliphatic carbocycles. The number of rotatable bonds is 4. The number of fused-ring (bicyclic) bond motifs is 1. The van der Waals surface area contributed by atoms with E-state index in [1.54, 1.807) is 20.2 Å². The Morgan fingerprint density at radius 2 is 2.00 bits per heavy atom. The van der Waals surface area contributed by atoms with E-state index >= 15 is 0 Å². The third-order valence-electron chi connectivity index (χ3n) is 4.60. The zero-order valence-electron chi connectivity index (χ0n) is 17.4. The molecule has 1 saturated carbocycles. The number of amides is 2. The van der Waals surface area contributed by atoms with Gasteiger partial charge in [-0.15, -0.1) is 0 Å². The third-order valence-corrected chi connectivity index (χ3v) is 5.55. The second-order valence-electron chi connectivity index (χ2n) is 8.53. The summed E-state index contributed by atoms with van der Waals surface area (Å²) in [5.74, 6) is -0.0583. The molecule has 3 atom stereocenters. The van der Waals surface area contributed by atoms with Crippen LogP contribution in [0.5, 0.6) is 0 Å².